The van der Waals surface area contributed by atoms with E-state index in [2.05, 4.69) is 11.8 Å². The third-order valence-electron chi connectivity index (χ3n) is 3.78. The first-order valence-corrected chi connectivity index (χ1v) is 6.87. The standard InChI is InChI=1S/C14H20ClFN2/c1-10-3-2-4-18(14(10)8-17)9-11-5-12(15)7-13(16)6-11/h5-7,10,14H,2-4,8-9,17H2,1H3. The summed E-state index contributed by atoms with van der Waals surface area (Å²) in [5.41, 5.74) is 6.78. The molecule has 1 aliphatic heterocycles. The molecular weight excluding hydrogens is 251 g/mol. The van der Waals surface area contributed by atoms with Crippen molar-refractivity contribution >= 4 is 11.6 Å². The Morgan fingerprint density at radius 3 is 2.89 bits per heavy atom. The Morgan fingerprint density at radius 2 is 2.22 bits per heavy atom. The lowest BCUT2D eigenvalue weighted by Crippen LogP contribution is -2.48. The van der Waals surface area contributed by atoms with Gasteiger partial charge in [0.15, 0.2) is 0 Å². The quantitative estimate of drug-likeness (QED) is 0.915. The van der Waals surface area contributed by atoms with E-state index in [-0.39, 0.29) is 5.82 Å². The Labute approximate surface area is 113 Å². The Hall–Kier alpha value is -0.640. The Bertz CT molecular complexity index is 391. The molecular formula is C14H20ClFN2. The van der Waals surface area contributed by atoms with Crippen LogP contribution in [0.4, 0.5) is 4.39 Å². The second-order valence-corrected chi connectivity index (χ2v) is 5.61. The van der Waals surface area contributed by atoms with E-state index in [1.807, 2.05) is 6.07 Å². The minimum atomic E-state index is -0.271. The summed E-state index contributed by atoms with van der Waals surface area (Å²) in [5.74, 6) is 0.333. The summed E-state index contributed by atoms with van der Waals surface area (Å²) in [6.45, 7) is 4.65. The normalized spacial score (nSPS) is 25.3. The molecule has 100 valence electrons. The van der Waals surface area contributed by atoms with E-state index in [0.29, 0.717) is 23.5 Å². The van der Waals surface area contributed by atoms with Crippen molar-refractivity contribution in [3.05, 3.63) is 34.6 Å². The predicted octanol–water partition coefficient (Wildman–Crippen LogP) is 3.04. The van der Waals surface area contributed by atoms with Crippen molar-refractivity contribution in [1.82, 2.24) is 4.90 Å². The van der Waals surface area contributed by atoms with E-state index in [0.717, 1.165) is 18.7 Å². The van der Waals surface area contributed by atoms with Gasteiger partial charge in [-0.25, -0.2) is 4.39 Å². The van der Waals surface area contributed by atoms with Gasteiger partial charge in [-0.1, -0.05) is 18.5 Å². The van der Waals surface area contributed by atoms with Gasteiger partial charge >= 0.3 is 0 Å². The van der Waals surface area contributed by atoms with Gasteiger partial charge in [-0.05, 0) is 49.1 Å². The van der Waals surface area contributed by atoms with Crippen molar-refractivity contribution in [2.24, 2.45) is 11.7 Å². The lowest BCUT2D eigenvalue weighted by atomic mass is 9.90. The van der Waals surface area contributed by atoms with Crippen molar-refractivity contribution in [2.45, 2.75) is 32.4 Å². The first-order valence-electron chi connectivity index (χ1n) is 6.49. The lowest BCUT2D eigenvalue weighted by molar-refractivity contribution is 0.0990. The Balaban J connectivity index is 2.11. The van der Waals surface area contributed by atoms with Crippen molar-refractivity contribution in [3.8, 4) is 0 Å². The van der Waals surface area contributed by atoms with Crippen LogP contribution in [0, 0.1) is 11.7 Å². The summed E-state index contributed by atoms with van der Waals surface area (Å²) in [7, 11) is 0. The van der Waals surface area contributed by atoms with Gasteiger partial charge in [0.25, 0.3) is 0 Å². The van der Waals surface area contributed by atoms with Gasteiger partial charge < -0.3 is 5.73 Å². The van der Waals surface area contributed by atoms with Gasteiger partial charge in [0.1, 0.15) is 5.82 Å². The fourth-order valence-electron chi connectivity index (χ4n) is 2.85. The maximum Gasteiger partial charge on any atom is 0.125 e. The van der Waals surface area contributed by atoms with Crippen molar-refractivity contribution in [2.75, 3.05) is 13.1 Å². The second-order valence-electron chi connectivity index (χ2n) is 5.17. The van der Waals surface area contributed by atoms with Gasteiger partial charge in [0, 0.05) is 24.2 Å². The van der Waals surface area contributed by atoms with E-state index < -0.39 is 0 Å². The molecule has 0 aliphatic carbocycles. The fourth-order valence-corrected chi connectivity index (χ4v) is 3.09. The fraction of sp³-hybridized carbons (Fsp3) is 0.571. The van der Waals surface area contributed by atoms with Crippen molar-refractivity contribution < 1.29 is 4.39 Å². The van der Waals surface area contributed by atoms with Crippen LogP contribution in [0.25, 0.3) is 0 Å². The molecule has 1 saturated heterocycles. The third kappa shape index (κ3) is 3.22. The first kappa shape index (κ1) is 13.8. The molecule has 4 heteroatoms. The van der Waals surface area contributed by atoms with Crippen molar-refractivity contribution in [1.29, 1.82) is 0 Å². The molecule has 18 heavy (non-hydrogen) atoms. The first-order chi connectivity index (χ1) is 8.60. The largest absolute Gasteiger partial charge is 0.329 e. The van der Waals surface area contributed by atoms with Gasteiger partial charge in [0.05, 0.1) is 0 Å². The number of piperidine rings is 1. The van der Waals surface area contributed by atoms with E-state index in [1.54, 1.807) is 6.07 Å². The maximum absolute atomic E-state index is 13.3. The van der Waals surface area contributed by atoms with Crippen LogP contribution in [-0.4, -0.2) is 24.0 Å². The average molecular weight is 271 g/mol. The van der Waals surface area contributed by atoms with Crippen LogP contribution < -0.4 is 5.73 Å². The molecule has 0 amide bonds. The summed E-state index contributed by atoms with van der Waals surface area (Å²) in [6, 6.07) is 5.11. The molecule has 0 spiro atoms. The smallest absolute Gasteiger partial charge is 0.125 e. The molecule has 2 N–H and O–H groups in total. The number of nitrogens with zero attached hydrogens (tertiary/aromatic N) is 1. The Morgan fingerprint density at radius 1 is 1.44 bits per heavy atom. The van der Waals surface area contributed by atoms with Crippen molar-refractivity contribution in [3.63, 3.8) is 0 Å². The summed E-state index contributed by atoms with van der Waals surface area (Å²) >= 11 is 5.88. The summed E-state index contributed by atoms with van der Waals surface area (Å²) in [6.07, 6.45) is 2.41. The SMILES string of the molecule is CC1CCCN(Cc2cc(F)cc(Cl)c2)C1CN. The highest BCUT2D eigenvalue weighted by Crippen LogP contribution is 2.25. The molecule has 1 aromatic carbocycles. The molecule has 1 heterocycles. The van der Waals surface area contributed by atoms with Gasteiger partial charge in [-0.3, -0.25) is 4.90 Å². The molecule has 0 aromatic heterocycles. The van der Waals surface area contributed by atoms with E-state index in [9.17, 15) is 4.39 Å². The van der Waals surface area contributed by atoms with E-state index >= 15 is 0 Å². The van der Waals surface area contributed by atoms with Crippen LogP contribution in [0.5, 0.6) is 0 Å². The average Bonchev–Trinajstić information content (AvgIpc) is 2.27. The molecule has 0 bridgehead atoms. The van der Waals surface area contributed by atoms with Crippen LogP contribution in [0.3, 0.4) is 0 Å². The number of hydrogen-bond donors (Lipinski definition) is 1. The zero-order chi connectivity index (χ0) is 13.1. The number of rotatable bonds is 3. The molecule has 1 aliphatic rings. The number of halogens is 2. The van der Waals surface area contributed by atoms with Crippen LogP contribution in [-0.2, 0) is 6.54 Å². The number of hydrogen-bond acceptors (Lipinski definition) is 2. The number of likely N-dealkylation sites (tertiary alicyclic amines) is 1. The van der Waals surface area contributed by atoms with Gasteiger partial charge in [-0.2, -0.15) is 0 Å². The van der Waals surface area contributed by atoms with E-state index in [1.165, 1.54) is 18.9 Å². The molecule has 1 fully saturated rings. The molecule has 2 nitrogen and oxygen atoms in total. The molecule has 1 aromatic rings. The van der Waals surface area contributed by atoms with Crippen LogP contribution in [0.15, 0.2) is 18.2 Å². The minimum absolute atomic E-state index is 0.271. The molecule has 2 rings (SSSR count). The lowest BCUT2D eigenvalue weighted by Gasteiger charge is -2.39. The summed E-state index contributed by atoms with van der Waals surface area (Å²) < 4.78 is 13.3. The van der Waals surface area contributed by atoms with Crippen LogP contribution in [0.2, 0.25) is 5.02 Å². The highest BCUT2D eigenvalue weighted by atomic mass is 35.5. The van der Waals surface area contributed by atoms with Gasteiger partial charge in [-0.15, -0.1) is 0 Å². The molecule has 2 atom stereocenters. The molecule has 0 saturated carbocycles. The zero-order valence-corrected chi connectivity index (χ0v) is 11.5. The van der Waals surface area contributed by atoms with E-state index in [4.69, 9.17) is 17.3 Å². The topological polar surface area (TPSA) is 29.3 Å². The van der Waals surface area contributed by atoms with Gasteiger partial charge in [0.2, 0.25) is 0 Å². The molecule has 2 unspecified atom stereocenters. The zero-order valence-electron chi connectivity index (χ0n) is 10.7. The van der Waals surface area contributed by atoms with Crippen LogP contribution in [0.1, 0.15) is 25.3 Å². The monoisotopic (exact) mass is 270 g/mol. The third-order valence-corrected chi connectivity index (χ3v) is 4.00. The number of nitrogens with two attached hydrogens (primary N) is 1. The maximum atomic E-state index is 13.3. The van der Waals surface area contributed by atoms with Crippen LogP contribution >= 0.6 is 11.6 Å². The minimum Gasteiger partial charge on any atom is -0.329 e. The second kappa shape index (κ2) is 6.00. The Kier molecular flexibility index (Phi) is 4.60. The summed E-state index contributed by atoms with van der Waals surface area (Å²) in [4.78, 5) is 2.35. The summed E-state index contributed by atoms with van der Waals surface area (Å²) in [5, 5.41) is 0.458. The highest BCUT2D eigenvalue weighted by molar-refractivity contribution is 6.30. The number of benzene rings is 1. The molecule has 0 radical (unpaired) electrons. The predicted molar refractivity (Wildman–Crippen MR) is 73.1 cm³/mol. The highest BCUT2D eigenvalue weighted by Gasteiger charge is 2.27.